The maximum atomic E-state index is 14.4. The van der Waals surface area contributed by atoms with Gasteiger partial charge in [0.1, 0.15) is 11.5 Å². The molecule has 0 aliphatic carbocycles. The second kappa shape index (κ2) is 8.10. The summed E-state index contributed by atoms with van der Waals surface area (Å²) in [6.45, 7) is 1.82. The first-order valence-corrected chi connectivity index (χ1v) is 9.57. The lowest BCUT2D eigenvalue weighted by Crippen LogP contribution is -2.21. The smallest absolute Gasteiger partial charge is 0.254 e. The van der Waals surface area contributed by atoms with Crippen LogP contribution in [-0.4, -0.2) is 44.8 Å². The summed E-state index contributed by atoms with van der Waals surface area (Å²) in [6.07, 6.45) is 4.25. The predicted molar refractivity (Wildman–Crippen MR) is 118 cm³/mol. The van der Waals surface area contributed by atoms with Gasteiger partial charge in [-0.05, 0) is 30.7 Å². The molecule has 2 N–H and O–H groups in total. The molecule has 0 unspecified atom stereocenters. The maximum absolute atomic E-state index is 14.4. The second-order valence-corrected chi connectivity index (χ2v) is 7.33. The zero-order chi connectivity index (χ0) is 22.1. The van der Waals surface area contributed by atoms with E-state index in [1.54, 1.807) is 38.5 Å². The van der Waals surface area contributed by atoms with Crippen molar-refractivity contribution in [1.29, 1.82) is 0 Å². The molecular formula is C22H24F2N6O. The molecule has 0 aliphatic rings. The molecule has 7 nitrogen and oxygen atoms in total. The van der Waals surface area contributed by atoms with E-state index in [-0.39, 0.29) is 32.3 Å². The average molecular weight is 426 g/mol. The van der Waals surface area contributed by atoms with E-state index < -0.39 is 5.82 Å². The summed E-state index contributed by atoms with van der Waals surface area (Å²) in [7, 11) is 3.32. The Balaban J connectivity index is 0.00000193. The standard InChI is InChI=1S/C22H20F2N6O.2H2/c1-12(13-4-6-15(23)7-5-13)28-21-18(24)11-27-20(29-21)17-10-26-19-16(17)8-14(9-25-19)22(31)30(2)3;;/h4-12H,1-3H3,(H,25,26)(H,27,28,29);2*1H/t12-;;/m0../s1. The molecule has 0 bridgehead atoms. The number of rotatable bonds is 5. The first-order chi connectivity index (χ1) is 14.8. The Bertz CT molecular complexity index is 1260. The van der Waals surface area contributed by atoms with Crippen LogP contribution in [0.2, 0.25) is 0 Å². The SMILES string of the molecule is C[C@H](Nc1nc(-c2c[nH]c3ncc(C(=O)N(C)C)cc23)ncc1F)c1ccc(F)cc1.[HH].[HH]. The second-order valence-electron chi connectivity index (χ2n) is 7.33. The number of aromatic nitrogens is 4. The number of benzene rings is 1. The van der Waals surface area contributed by atoms with Gasteiger partial charge in [-0.15, -0.1) is 0 Å². The highest BCUT2D eigenvalue weighted by Crippen LogP contribution is 2.28. The number of halogens is 2. The molecule has 0 saturated carbocycles. The molecule has 1 atom stereocenters. The van der Waals surface area contributed by atoms with Crippen LogP contribution in [-0.2, 0) is 0 Å². The molecule has 1 aromatic carbocycles. The van der Waals surface area contributed by atoms with Crippen molar-refractivity contribution < 1.29 is 16.4 Å². The molecular weight excluding hydrogens is 402 g/mol. The lowest BCUT2D eigenvalue weighted by atomic mass is 10.1. The van der Waals surface area contributed by atoms with Crippen LogP contribution in [0.25, 0.3) is 22.4 Å². The van der Waals surface area contributed by atoms with E-state index in [0.29, 0.717) is 22.2 Å². The highest BCUT2D eigenvalue weighted by molar-refractivity contribution is 6.00. The van der Waals surface area contributed by atoms with Crippen LogP contribution in [0, 0.1) is 11.6 Å². The molecule has 0 fully saturated rings. The molecule has 9 heteroatoms. The van der Waals surface area contributed by atoms with Crippen molar-refractivity contribution in [1.82, 2.24) is 24.8 Å². The minimum Gasteiger partial charge on any atom is -0.361 e. The van der Waals surface area contributed by atoms with Gasteiger partial charge < -0.3 is 15.2 Å². The lowest BCUT2D eigenvalue weighted by Gasteiger charge is -2.16. The Labute approximate surface area is 180 Å². The summed E-state index contributed by atoms with van der Waals surface area (Å²) in [6, 6.07) is 7.34. The van der Waals surface area contributed by atoms with E-state index in [0.717, 1.165) is 11.8 Å². The Morgan fingerprint density at radius 2 is 1.90 bits per heavy atom. The van der Waals surface area contributed by atoms with Gasteiger partial charge in [-0.2, -0.15) is 0 Å². The van der Waals surface area contributed by atoms with Crippen molar-refractivity contribution in [2.45, 2.75) is 13.0 Å². The molecule has 0 saturated heterocycles. The van der Waals surface area contributed by atoms with E-state index in [1.165, 1.54) is 23.2 Å². The highest BCUT2D eigenvalue weighted by Gasteiger charge is 2.17. The summed E-state index contributed by atoms with van der Waals surface area (Å²) >= 11 is 0. The summed E-state index contributed by atoms with van der Waals surface area (Å²) in [5.41, 5.74) is 2.36. The molecule has 31 heavy (non-hydrogen) atoms. The fraction of sp³-hybridized carbons (Fsp3) is 0.182. The summed E-state index contributed by atoms with van der Waals surface area (Å²) < 4.78 is 27.6. The van der Waals surface area contributed by atoms with E-state index in [1.807, 2.05) is 6.92 Å². The Morgan fingerprint density at radius 3 is 2.61 bits per heavy atom. The minimum absolute atomic E-state index is 0. The molecule has 3 aromatic heterocycles. The van der Waals surface area contributed by atoms with E-state index in [2.05, 4.69) is 25.3 Å². The Morgan fingerprint density at radius 1 is 1.16 bits per heavy atom. The van der Waals surface area contributed by atoms with E-state index >= 15 is 0 Å². The van der Waals surface area contributed by atoms with Gasteiger partial charge in [-0.25, -0.2) is 23.7 Å². The third kappa shape index (κ3) is 4.07. The minimum atomic E-state index is -0.612. The van der Waals surface area contributed by atoms with Crippen molar-refractivity contribution in [3.8, 4) is 11.4 Å². The zero-order valence-electron chi connectivity index (χ0n) is 17.1. The number of H-pyrrole nitrogens is 1. The molecule has 4 aromatic rings. The van der Waals surface area contributed by atoms with Gasteiger partial charge in [0.25, 0.3) is 5.91 Å². The third-order valence-electron chi connectivity index (χ3n) is 4.89. The van der Waals surface area contributed by atoms with Crippen LogP contribution in [0.5, 0.6) is 0 Å². The van der Waals surface area contributed by atoms with Gasteiger partial charge in [0.15, 0.2) is 17.5 Å². The van der Waals surface area contributed by atoms with Crippen LogP contribution in [0.3, 0.4) is 0 Å². The number of aromatic amines is 1. The molecule has 1 amide bonds. The van der Waals surface area contributed by atoms with Crippen molar-refractivity contribution in [2.24, 2.45) is 0 Å². The summed E-state index contributed by atoms with van der Waals surface area (Å²) in [5.74, 6) is -0.843. The van der Waals surface area contributed by atoms with Crippen LogP contribution in [0.1, 0.15) is 31.7 Å². The number of hydrogen-bond donors (Lipinski definition) is 2. The fourth-order valence-corrected chi connectivity index (χ4v) is 3.20. The van der Waals surface area contributed by atoms with Gasteiger partial charge in [0, 0.05) is 40.3 Å². The molecule has 3 heterocycles. The maximum Gasteiger partial charge on any atom is 0.254 e. The van der Waals surface area contributed by atoms with Crippen LogP contribution in [0.4, 0.5) is 14.6 Å². The van der Waals surface area contributed by atoms with Gasteiger partial charge in [0.2, 0.25) is 0 Å². The van der Waals surface area contributed by atoms with E-state index in [4.69, 9.17) is 0 Å². The summed E-state index contributed by atoms with van der Waals surface area (Å²) in [5, 5.41) is 3.66. The van der Waals surface area contributed by atoms with Crippen molar-refractivity contribution in [3.63, 3.8) is 0 Å². The summed E-state index contributed by atoms with van der Waals surface area (Å²) in [4.78, 5) is 29.5. The van der Waals surface area contributed by atoms with Crippen molar-refractivity contribution in [2.75, 3.05) is 19.4 Å². The zero-order valence-corrected chi connectivity index (χ0v) is 17.1. The Hall–Kier alpha value is -3.88. The molecule has 4 rings (SSSR count). The first-order valence-electron chi connectivity index (χ1n) is 9.57. The monoisotopic (exact) mass is 426 g/mol. The highest BCUT2D eigenvalue weighted by atomic mass is 19.1. The van der Waals surface area contributed by atoms with Gasteiger partial charge in [0.05, 0.1) is 17.8 Å². The number of nitrogens with one attached hydrogen (secondary N) is 2. The molecule has 0 aliphatic heterocycles. The lowest BCUT2D eigenvalue weighted by molar-refractivity contribution is 0.0827. The average Bonchev–Trinajstić information content (AvgIpc) is 3.18. The van der Waals surface area contributed by atoms with Gasteiger partial charge in [-0.3, -0.25) is 4.79 Å². The topological polar surface area (TPSA) is 86.8 Å². The number of amides is 1. The molecule has 0 spiro atoms. The number of fused-ring (bicyclic) bond motifs is 1. The number of carbonyl (C=O) groups is 1. The number of nitrogens with zero attached hydrogens (tertiary/aromatic N) is 4. The molecule has 0 radical (unpaired) electrons. The van der Waals surface area contributed by atoms with Gasteiger partial charge >= 0.3 is 0 Å². The van der Waals surface area contributed by atoms with E-state index in [9.17, 15) is 13.6 Å². The van der Waals surface area contributed by atoms with Crippen LogP contribution in [0.15, 0.2) is 48.9 Å². The Kier molecular flexibility index (Phi) is 5.33. The number of anilines is 1. The first kappa shape index (κ1) is 20.4. The predicted octanol–water partition coefficient (Wildman–Crippen LogP) is 4.67. The number of hydrogen-bond acceptors (Lipinski definition) is 5. The largest absolute Gasteiger partial charge is 0.361 e. The van der Waals surface area contributed by atoms with Crippen LogP contribution >= 0.6 is 0 Å². The molecule has 162 valence electrons. The fourth-order valence-electron chi connectivity index (χ4n) is 3.20. The number of carbonyl (C=O) groups excluding carboxylic acids is 1. The normalized spacial score (nSPS) is 12.0. The van der Waals surface area contributed by atoms with Gasteiger partial charge in [-0.1, -0.05) is 12.1 Å². The number of pyridine rings is 1. The quantitative estimate of drug-likeness (QED) is 0.485. The third-order valence-corrected chi connectivity index (χ3v) is 4.89. The van der Waals surface area contributed by atoms with Crippen LogP contribution < -0.4 is 5.32 Å². The van der Waals surface area contributed by atoms with Crippen molar-refractivity contribution >= 4 is 22.8 Å². The van der Waals surface area contributed by atoms with Crippen molar-refractivity contribution in [3.05, 3.63) is 71.7 Å².